The molecule has 7 heteroatoms. The van der Waals surface area contributed by atoms with E-state index in [-0.39, 0.29) is 24.1 Å². The van der Waals surface area contributed by atoms with Crippen LogP contribution in [0.1, 0.15) is 19.3 Å². The van der Waals surface area contributed by atoms with E-state index in [1.165, 1.54) is 10.9 Å². The molecule has 2 fully saturated rings. The molecule has 7 nitrogen and oxygen atoms in total. The maximum atomic E-state index is 13.0. The Morgan fingerprint density at radius 2 is 1.96 bits per heavy atom. The number of rotatable bonds is 4. The van der Waals surface area contributed by atoms with Crippen molar-refractivity contribution in [3.63, 3.8) is 0 Å². The van der Waals surface area contributed by atoms with Gasteiger partial charge >= 0.3 is 0 Å². The van der Waals surface area contributed by atoms with Crippen molar-refractivity contribution in [3.05, 3.63) is 40.9 Å². The van der Waals surface area contributed by atoms with Crippen molar-refractivity contribution >= 4 is 16.8 Å². The zero-order valence-electron chi connectivity index (χ0n) is 15.5. The summed E-state index contributed by atoms with van der Waals surface area (Å²) in [4.78, 5) is 34.4. The number of morpholine rings is 1. The van der Waals surface area contributed by atoms with E-state index in [0.717, 1.165) is 58.7 Å². The standard InChI is InChI=1S/C20H26N4O3/c25-19(14-23-15-21-18-7-2-1-6-17(18)20(23)26)24-8-4-3-5-16(24)13-22-9-11-27-12-10-22/h1-2,6-7,15-16H,3-5,8-14H2/t16-/m0/s1. The second kappa shape index (κ2) is 8.19. The summed E-state index contributed by atoms with van der Waals surface area (Å²) >= 11 is 0. The van der Waals surface area contributed by atoms with Gasteiger partial charge in [0.1, 0.15) is 6.54 Å². The predicted octanol–water partition coefficient (Wildman–Crippen LogP) is 1.11. The van der Waals surface area contributed by atoms with Crippen LogP contribution in [0.2, 0.25) is 0 Å². The number of benzene rings is 1. The summed E-state index contributed by atoms with van der Waals surface area (Å²) in [6.45, 7) is 5.08. The molecule has 2 saturated heterocycles. The van der Waals surface area contributed by atoms with E-state index in [1.807, 2.05) is 23.1 Å². The molecule has 1 atom stereocenters. The highest BCUT2D eigenvalue weighted by Crippen LogP contribution is 2.19. The van der Waals surface area contributed by atoms with Crippen LogP contribution in [0.3, 0.4) is 0 Å². The second-order valence-electron chi connectivity index (χ2n) is 7.34. The summed E-state index contributed by atoms with van der Waals surface area (Å²) in [6.07, 6.45) is 4.68. The van der Waals surface area contributed by atoms with Crippen LogP contribution >= 0.6 is 0 Å². The molecule has 2 aromatic rings. The van der Waals surface area contributed by atoms with Crippen LogP contribution in [0.4, 0.5) is 0 Å². The quantitative estimate of drug-likeness (QED) is 0.807. The maximum absolute atomic E-state index is 13.0. The molecule has 1 aromatic heterocycles. The number of aromatic nitrogens is 2. The third-order valence-electron chi connectivity index (χ3n) is 5.56. The smallest absolute Gasteiger partial charge is 0.261 e. The van der Waals surface area contributed by atoms with Crippen LogP contribution < -0.4 is 5.56 Å². The van der Waals surface area contributed by atoms with E-state index >= 15 is 0 Å². The average Bonchev–Trinajstić information content (AvgIpc) is 2.71. The number of nitrogens with zero attached hydrogens (tertiary/aromatic N) is 4. The Labute approximate surface area is 158 Å². The Kier molecular flexibility index (Phi) is 5.50. The number of ether oxygens (including phenoxy) is 1. The average molecular weight is 370 g/mol. The number of hydrogen-bond donors (Lipinski definition) is 0. The molecular formula is C20H26N4O3. The van der Waals surface area contributed by atoms with Crippen molar-refractivity contribution in [1.29, 1.82) is 0 Å². The molecule has 0 aliphatic carbocycles. The normalized spacial score (nSPS) is 21.5. The van der Waals surface area contributed by atoms with Gasteiger partial charge in [-0.25, -0.2) is 4.98 Å². The Bertz CT molecular complexity index is 860. The first kappa shape index (κ1) is 18.1. The third kappa shape index (κ3) is 4.04. The van der Waals surface area contributed by atoms with E-state index in [0.29, 0.717) is 10.9 Å². The van der Waals surface area contributed by atoms with Crippen molar-refractivity contribution in [2.24, 2.45) is 0 Å². The van der Waals surface area contributed by atoms with Crippen molar-refractivity contribution in [3.8, 4) is 0 Å². The number of para-hydroxylation sites is 1. The fourth-order valence-electron chi connectivity index (χ4n) is 4.06. The molecule has 0 bridgehead atoms. The fraction of sp³-hybridized carbons (Fsp3) is 0.550. The Hall–Kier alpha value is -2.25. The lowest BCUT2D eigenvalue weighted by Crippen LogP contribution is -2.52. The highest BCUT2D eigenvalue weighted by molar-refractivity contribution is 5.79. The fourth-order valence-corrected chi connectivity index (χ4v) is 4.06. The van der Waals surface area contributed by atoms with Crippen LogP contribution in [0.25, 0.3) is 10.9 Å². The van der Waals surface area contributed by atoms with Crippen LogP contribution in [-0.2, 0) is 16.1 Å². The number of likely N-dealkylation sites (tertiary alicyclic amines) is 1. The van der Waals surface area contributed by atoms with E-state index in [9.17, 15) is 9.59 Å². The third-order valence-corrected chi connectivity index (χ3v) is 5.56. The molecule has 144 valence electrons. The number of piperidine rings is 1. The predicted molar refractivity (Wildman–Crippen MR) is 103 cm³/mol. The van der Waals surface area contributed by atoms with Crippen molar-refractivity contribution in [2.45, 2.75) is 31.8 Å². The van der Waals surface area contributed by atoms with Gasteiger partial charge in [-0.2, -0.15) is 0 Å². The maximum Gasteiger partial charge on any atom is 0.261 e. The first-order valence-corrected chi connectivity index (χ1v) is 9.76. The molecule has 2 aliphatic heterocycles. The summed E-state index contributed by atoms with van der Waals surface area (Å²) in [5.41, 5.74) is 0.505. The summed E-state index contributed by atoms with van der Waals surface area (Å²) < 4.78 is 6.86. The van der Waals surface area contributed by atoms with E-state index in [4.69, 9.17) is 4.74 Å². The van der Waals surface area contributed by atoms with Gasteiger partial charge in [0.2, 0.25) is 5.91 Å². The number of carbonyl (C=O) groups excluding carboxylic acids is 1. The van der Waals surface area contributed by atoms with Crippen molar-refractivity contribution in [1.82, 2.24) is 19.4 Å². The molecule has 1 amide bonds. The van der Waals surface area contributed by atoms with E-state index < -0.39 is 0 Å². The summed E-state index contributed by atoms with van der Waals surface area (Å²) in [6, 6.07) is 7.46. The topological polar surface area (TPSA) is 67.7 Å². The van der Waals surface area contributed by atoms with Gasteiger partial charge < -0.3 is 9.64 Å². The van der Waals surface area contributed by atoms with Gasteiger partial charge in [0, 0.05) is 32.2 Å². The lowest BCUT2D eigenvalue weighted by molar-refractivity contribution is -0.136. The van der Waals surface area contributed by atoms with Crippen molar-refractivity contribution < 1.29 is 9.53 Å². The van der Waals surface area contributed by atoms with Gasteiger partial charge in [-0.15, -0.1) is 0 Å². The highest BCUT2D eigenvalue weighted by Gasteiger charge is 2.29. The summed E-state index contributed by atoms with van der Waals surface area (Å²) in [5.74, 6) is 0.00661. The van der Waals surface area contributed by atoms with E-state index in [1.54, 1.807) is 6.07 Å². The Balaban J connectivity index is 1.48. The molecule has 2 aliphatic rings. The largest absolute Gasteiger partial charge is 0.379 e. The number of hydrogen-bond acceptors (Lipinski definition) is 5. The van der Waals surface area contributed by atoms with Gasteiger partial charge in [-0.1, -0.05) is 12.1 Å². The molecule has 0 radical (unpaired) electrons. The molecule has 0 spiro atoms. The van der Waals surface area contributed by atoms with Gasteiger partial charge in [-0.05, 0) is 31.4 Å². The molecule has 27 heavy (non-hydrogen) atoms. The number of fused-ring (bicyclic) bond motifs is 1. The Morgan fingerprint density at radius 1 is 1.15 bits per heavy atom. The minimum atomic E-state index is -0.157. The molecular weight excluding hydrogens is 344 g/mol. The molecule has 3 heterocycles. The van der Waals surface area contributed by atoms with Gasteiger partial charge in [-0.3, -0.25) is 19.1 Å². The van der Waals surface area contributed by atoms with Gasteiger partial charge in [0.15, 0.2) is 0 Å². The first-order chi connectivity index (χ1) is 13.2. The lowest BCUT2D eigenvalue weighted by Gasteiger charge is -2.39. The molecule has 0 unspecified atom stereocenters. The molecule has 0 saturated carbocycles. The van der Waals surface area contributed by atoms with Crippen LogP contribution in [0.5, 0.6) is 0 Å². The minimum Gasteiger partial charge on any atom is -0.379 e. The minimum absolute atomic E-state index is 0.00661. The van der Waals surface area contributed by atoms with Crippen LogP contribution in [-0.4, -0.2) is 70.7 Å². The zero-order chi connectivity index (χ0) is 18.6. The summed E-state index contributed by atoms with van der Waals surface area (Å²) in [5, 5.41) is 0.552. The monoisotopic (exact) mass is 370 g/mol. The SMILES string of the molecule is O=C(Cn1cnc2ccccc2c1=O)N1CCCC[C@H]1CN1CCOCC1. The van der Waals surface area contributed by atoms with E-state index in [2.05, 4.69) is 9.88 Å². The lowest BCUT2D eigenvalue weighted by atomic mass is 10.0. The molecule has 1 aromatic carbocycles. The van der Waals surface area contributed by atoms with Crippen LogP contribution in [0.15, 0.2) is 35.4 Å². The number of carbonyl (C=O) groups is 1. The molecule has 4 rings (SSSR count). The molecule has 0 N–H and O–H groups in total. The Morgan fingerprint density at radius 3 is 2.81 bits per heavy atom. The second-order valence-corrected chi connectivity index (χ2v) is 7.34. The zero-order valence-corrected chi connectivity index (χ0v) is 15.5. The number of amides is 1. The van der Waals surface area contributed by atoms with Gasteiger partial charge in [0.05, 0.1) is 30.4 Å². The first-order valence-electron chi connectivity index (χ1n) is 9.76. The highest BCUT2D eigenvalue weighted by atomic mass is 16.5. The van der Waals surface area contributed by atoms with Crippen molar-refractivity contribution in [2.75, 3.05) is 39.4 Å². The summed E-state index contributed by atoms with van der Waals surface area (Å²) in [7, 11) is 0. The van der Waals surface area contributed by atoms with Gasteiger partial charge in [0.25, 0.3) is 5.56 Å². The van der Waals surface area contributed by atoms with Crippen LogP contribution in [0, 0.1) is 0 Å².